The third-order valence-corrected chi connectivity index (χ3v) is 6.14. The molecule has 1 heterocycles. The maximum Gasteiger partial charge on any atom is 0.226 e. The minimum Gasteiger partial charge on any atom is -0.350 e. The Morgan fingerprint density at radius 2 is 2.00 bits per heavy atom. The molecule has 0 saturated carbocycles. The summed E-state index contributed by atoms with van der Waals surface area (Å²) in [6.45, 7) is 4.28. The first-order valence-corrected chi connectivity index (χ1v) is 10.5. The van der Waals surface area contributed by atoms with E-state index in [1.807, 2.05) is 36.2 Å². The van der Waals surface area contributed by atoms with E-state index in [1.165, 1.54) is 17.7 Å². The van der Waals surface area contributed by atoms with Crippen molar-refractivity contribution in [3.8, 4) is 0 Å². The van der Waals surface area contributed by atoms with Gasteiger partial charge in [0.25, 0.3) is 0 Å². The molecular formula is C21H24Cl2FN3OS. The number of amidine groups is 1. The monoisotopic (exact) mass is 455 g/mol. The number of amides is 1. The highest BCUT2D eigenvalue weighted by Crippen LogP contribution is 2.29. The molecule has 0 aliphatic carbocycles. The third kappa shape index (κ3) is 6.11. The zero-order chi connectivity index (χ0) is 20.3. The molecule has 1 saturated heterocycles. The van der Waals surface area contributed by atoms with Crippen molar-refractivity contribution in [2.45, 2.75) is 32.2 Å². The molecule has 4 nitrogen and oxygen atoms in total. The van der Waals surface area contributed by atoms with Gasteiger partial charge in [-0.25, -0.2) is 9.38 Å². The summed E-state index contributed by atoms with van der Waals surface area (Å²) in [5.41, 5.74) is 2.64. The number of halogens is 3. The van der Waals surface area contributed by atoms with Gasteiger partial charge in [0.1, 0.15) is 5.82 Å². The Labute approximate surface area is 186 Å². The molecule has 1 amide bonds. The largest absolute Gasteiger partial charge is 0.350 e. The van der Waals surface area contributed by atoms with E-state index in [9.17, 15) is 9.18 Å². The van der Waals surface area contributed by atoms with E-state index in [2.05, 4.69) is 24.2 Å². The first-order valence-electron chi connectivity index (χ1n) is 9.12. The van der Waals surface area contributed by atoms with Crippen molar-refractivity contribution in [2.24, 2.45) is 4.99 Å². The van der Waals surface area contributed by atoms with Crippen LogP contribution in [0.1, 0.15) is 31.7 Å². The number of nitrogens with zero attached hydrogens (tertiary/aromatic N) is 2. The summed E-state index contributed by atoms with van der Waals surface area (Å²) < 4.78 is 13.3. The maximum atomic E-state index is 13.3. The number of hydrogen-bond acceptors (Lipinski definition) is 3. The molecule has 1 aliphatic heterocycles. The average Bonchev–Trinajstić information content (AvgIpc) is 2.98. The number of thioether (sulfide) groups is 1. The molecule has 0 bridgehead atoms. The van der Waals surface area contributed by atoms with Gasteiger partial charge in [-0.1, -0.05) is 49.3 Å². The standard InChI is InChI=1S/C21H23ClFN3OS.ClH/c1-13(2)14-4-6-15(7-5-14)24-20(27)11-17-12-28-21(26(17)3)25-16-8-9-19(23)18(22)10-16;/h4-10,13,17H,11-12H2,1-3H3,(H,24,27);1H. The van der Waals surface area contributed by atoms with Crippen LogP contribution in [0.5, 0.6) is 0 Å². The number of aliphatic imine (C=N–C) groups is 1. The van der Waals surface area contributed by atoms with Crippen LogP contribution in [0.15, 0.2) is 47.5 Å². The van der Waals surface area contributed by atoms with Gasteiger partial charge >= 0.3 is 0 Å². The summed E-state index contributed by atoms with van der Waals surface area (Å²) in [7, 11) is 1.92. The Balaban J connectivity index is 0.00000300. The normalized spacial score (nSPS) is 17.5. The van der Waals surface area contributed by atoms with Crippen LogP contribution in [0, 0.1) is 5.82 Å². The molecule has 1 aliphatic rings. The summed E-state index contributed by atoms with van der Waals surface area (Å²) in [5, 5.41) is 3.80. The molecule has 3 rings (SSSR count). The molecule has 0 aromatic heterocycles. The van der Waals surface area contributed by atoms with E-state index < -0.39 is 5.82 Å². The summed E-state index contributed by atoms with van der Waals surface area (Å²) >= 11 is 7.40. The lowest BCUT2D eigenvalue weighted by atomic mass is 10.0. The highest BCUT2D eigenvalue weighted by atomic mass is 35.5. The highest BCUT2D eigenvalue weighted by molar-refractivity contribution is 8.14. The van der Waals surface area contributed by atoms with Gasteiger partial charge in [0.05, 0.1) is 10.7 Å². The Morgan fingerprint density at radius 1 is 1.31 bits per heavy atom. The Kier molecular flexibility index (Phi) is 8.37. The SMILES string of the molecule is CC(C)c1ccc(NC(=O)CC2CSC(=Nc3ccc(F)c(Cl)c3)N2C)cc1.Cl. The fourth-order valence-electron chi connectivity index (χ4n) is 2.89. The number of nitrogens with one attached hydrogen (secondary N) is 1. The van der Waals surface area contributed by atoms with Crippen molar-refractivity contribution in [1.82, 2.24) is 4.90 Å². The van der Waals surface area contributed by atoms with Crippen LogP contribution >= 0.6 is 35.8 Å². The van der Waals surface area contributed by atoms with Crippen molar-refractivity contribution in [3.05, 3.63) is 58.9 Å². The zero-order valence-electron chi connectivity index (χ0n) is 16.5. The van der Waals surface area contributed by atoms with Crippen LogP contribution in [0.3, 0.4) is 0 Å². The zero-order valence-corrected chi connectivity index (χ0v) is 18.9. The van der Waals surface area contributed by atoms with Gasteiger partial charge in [0.15, 0.2) is 5.17 Å². The van der Waals surface area contributed by atoms with Crippen LogP contribution < -0.4 is 5.32 Å². The van der Waals surface area contributed by atoms with Gasteiger partial charge in [0, 0.05) is 31.0 Å². The van der Waals surface area contributed by atoms with Crippen molar-refractivity contribution in [1.29, 1.82) is 0 Å². The predicted octanol–water partition coefficient (Wildman–Crippen LogP) is 6.09. The molecule has 156 valence electrons. The molecule has 1 atom stereocenters. The summed E-state index contributed by atoms with van der Waals surface area (Å²) in [6.07, 6.45) is 0.374. The van der Waals surface area contributed by atoms with Crippen LogP contribution in [0.25, 0.3) is 0 Å². The second-order valence-corrected chi connectivity index (χ2v) is 8.49. The molecule has 29 heavy (non-hydrogen) atoms. The molecule has 1 N–H and O–H groups in total. The maximum absolute atomic E-state index is 13.3. The predicted molar refractivity (Wildman–Crippen MR) is 124 cm³/mol. The fourth-order valence-corrected chi connectivity index (χ4v) is 4.27. The van der Waals surface area contributed by atoms with Crippen molar-refractivity contribution < 1.29 is 9.18 Å². The van der Waals surface area contributed by atoms with Crippen LogP contribution in [-0.4, -0.2) is 34.8 Å². The Morgan fingerprint density at radius 3 is 2.62 bits per heavy atom. The Bertz CT molecular complexity index is 890. The number of anilines is 1. The molecule has 2 aromatic carbocycles. The van der Waals surface area contributed by atoms with Gasteiger partial charge < -0.3 is 10.2 Å². The van der Waals surface area contributed by atoms with Crippen molar-refractivity contribution >= 4 is 58.2 Å². The highest BCUT2D eigenvalue weighted by Gasteiger charge is 2.29. The lowest BCUT2D eigenvalue weighted by molar-refractivity contribution is -0.116. The van der Waals surface area contributed by atoms with Gasteiger partial charge in [-0.2, -0.15) is 0 Å². The number of benzene rings is 2. The second kappa shape index (κ2) is 10.3. The third-order valence-electron chi connectivity index (χ3n) is 4.66. The van der Waals surface area contributed by atoms with Gasteiger partial charge in [-0.3, -0.25) is 4.79 Å². The van der Waals surface area contributed by atoms with E-state index in [-0.39, 0.29) is 29.4 Å². The lowest BCUT2D eigenvalue weighted by Gasteiger charge is -2.20. The van der Waals surface area contributed by atoms with Crippen molar-refractivity contribution in [3.63, 3.8) is 0 Å². The summed E-state index contributed by atoms with van der Waals surface area (Å²) in [6, 6.07) is 12.4. The quantitative estimate of drug-likeness (QED) is 0.593. The first-order chi connectivity index (χ1) is 13.3. The average molecular weight is 456 g/mol. The molecule has 0 radical (unpaired) electrons. The molecular weight excluding hydrogens is 432 g/mol. The lowest BCUT2D eigenvalue weighted by Crippen LogP contribution is -2.33. The second-order valence-electron chi connectivity index (χ2n) is 7.10. The van der Waals surface area contributed by atoms with E-state index in [0.29, 0.717) is 18.0 Å². The molecule has 1 unspecified atom stereocenters. The fraction of sp³-hybridized carbons (Fsp3) is 0.333. The topological polar surface area (TPSA) is 44.7 Å². The van der Waals surface area contributed by atoms with Crippen LogP contribution in [0.4, 0.5) is 15.8 Å². The number of hydrogen-bond donors (Lipinski definition) is 1. The molecule has 1 fully saturated rings. The number of carbonyl (C=O) groups excluding carboxylic acids is 1. The number of rotatable bonds is 5. The molecule has 0 spiro atoms. The number of carbonyl (C=O) groups is 1. The first kappa shape index (κ1) is 23.5. The van der Waals surface area contributed by atoms with E-state index >= 15 is 0 Å². The van der Waals surface area contributed by atoms with Gasteiger partial charge in [-0.05, 0) is 41.8 Å². The van der Waals surface area contributed by atoms with E-state index in [4.69, 9.17) is 11.6 Å². The van der Waals surface area contributed by atoms with Crippen molar-refractivity contribution in [2.75, 3.05) is 18.1 Å². The van der Waals surface area contributed by atoms with E-state index in [1.54, 1.807) is 17.8 Å². The minimum absolute atomic E-state index is 0. The molecule has 8 heteroatoms. The summed E-state index contributed by atoms with van der Waals surface area (Å²) in [5.74, 6) is 0.738. The van der Waals surface area contributed by atoms with Crippen LogP contribution in [-0.2, 0) is 4.79 Å². The van der Waals surface area contributed by atoms with Crippen LogP contribution in [0.2, 0.25) is 5.02 Å². The summed E-state index contributed by atoms with van der Waals surface area (Å²) in [4.78, 5) is 19.0. The minimum atomic E-state index is -0.464. The van der Waals surface area contributed by atoms with Gasteiger partial charge in [-0.15, -0.1) is 12.4 Å². The smallest absolute Gasteiger partial charge is 0.226 e. The molecule has 2 aromatic rings. The van der Waals surface area contributed by atoms with Gasteiger partial charge in [0.2, 0.25) is 5.91 Å². The Hall–Kier alpha value is -1.76. The van der Waals surface area contributed by atoms with E-state index in [0.717, 1.165) is 16.6 Å².